The van der Waals surface area contributed by atoms with Gasteiger partial charge >= 0.3 is 0 Å². The molecule has 0 radical (unpaired) electrons. The van der Waals surface area contributed by atoms with E-state index in [9.17, 15) is 0 Å². The van der Waals surface area contributed by atoms with Crippen LogP contribution in [0.2, 0.25) is 0 Å². The van der Waals surface area contributed by atoms with Crippen LogP contribution in [-0.2, 0) is 0 Å². The van der Waals surface area contributed by atoms with E-state index >= 15 is 0 Å². The van der Waals surface area contributed by atoms with E-state index < -0.39 is 0 Å². The summed E-state index contributed by atoms with van der Waals surface area (Å²) >= 11 is 1.48. The molecule has 0 amide bonds. The molecular weight excluding hydrogens is 224 g/mol. The Morgan fingerprint density at radius 1 is 1.38 bits per heavy atom. The van der Waals surface area contributed by atoms with Gasteiger partial charge in [0.1, 0.15) is 4.88 Å². The number of nitrogen functional groups attached to an aromatic ring is 1. The minimum atomic E-state index is 0.456. The fourth-order valence-corrected chi connectivity index (χ4v) is 2.13. The highest BCUT2D eigenvalue weighted by atomic mass is 32.1. The van der Waals surface area contributed by atoms with E-state index in [-0.39, 0.29) is 0 Å². The van der Waals surface area contributed by atoms with Gasteiger partial charge in [-0.25, -0.2) is 0 Å². The van der Waals surface area contributed by atoms with Crippen molar-refractivity contribution in [3.8, 4) is 22.3 Å². The fraction of sp³-hybridized carbons (Fsp3) is 0. The van der Waals surface area contributed by atoms with Gasteiger partial charge in [-0.05, 0) is 23.6 Å². The van der Waals surface area contributed by atoms with Crippen molar-refractivity contribution in [2.75, 3.05) is 5.73 Å². The van der Waals surface area contributed by atoms with Crippen molar-refractivity contribution in [3.63, 3.8) is 0 Å². The summed E-state index contributed by atoms with van der Waals surface area (Å²) in [5, 5.41) is 5.78. The van der Waals surface area contributed by atoms with E-state index in [1.807, 2.05) is 29.8 Å². The van der Waals surface area contributed by atoms with Gasteiger partial charge in [-0.1, -0.05) is 5.16 Å². The van der Waals surface area contributed by atoms with Crippen molar-refractivity contribution >= 4 is 17.0 Å². The van der Waals surface area contributed by atoms with Crippen LogP contribution in [0.5, 0.6) is 0 Å². The Morgan fingerprint density at radius 3 is 3.00 bits per heavy atom. The number of aromatic nitrogens is 3. The third-order valence-electron chi connectivity index (χ3n) is 2.15. The number of nitrogens with two attached hydrogens (primary N) is 1. The Kier molecular flexibility index (Phi) is 2.00. The summed E-state index contributed by atoms with van der Waals surface area (Å²) in [5.41, 5.74) is 7.26. The predicted octanol–water partition coefficient (Wildman–Crippen LogP) is 2.38. The number of aromatic amines is 1. The molecule has 6 heteroatoms. The van der Waals surface area contributed by atoms with Crippen molar-refractivity contribution in [2.45, 2.75) is 0 Å². The molecule has 80 valence electrons. The molecule has 5 nitrogen and oxygen atoms in total. The van der Waals surface area contributed by atoms with Crippen LogP contribution in [0.1, 0.15) is 0 Å². The summed E-state index contributed by atoms with van der Waals surface area (Å²) in [5.74, 6) is 0.991. The molecule has 3 aromatic rings. The molecule has 3 heterocycles. The quantitative estimate of drug-likeness (QED) is 0.710. The molecule has 3 rings (SSSR count). The first-order valence-electron chi connectivity index (χ1n) is 4.65. The third kappa shape index (κ3) is 1.40. The Hall–Kier alpha value is -2.08. The molecule has 0 unspecified atom stereocenters. The summed E-state index contributed by atoms with van der Waals surface area (Å²) in [7, 11) is 0. The van der Waals surface area contributed by atoms with Gasteiger partial charge in [-0.3, -0.25) is 0 Å². The Morgan fingerprint density at radius 2 is 2.31 bits per heavy atom. The summed E-state index contributed by atoms with van der Waals surface area (Å²) < 4.78 is 5.16. The second kappa shape index (κ2) is 3.49. The van der Waals surface area contributed by atoms with Crippen LogP contribution >= 0.6 is 11.3 Å². The lowest BCUT2D eigenvalue weighted by Crippen LogP contribution is -1.84. The van der Waals surface area contributed by atoms with Gasteiger partial charge in [0.05, 0.1) is 11.4 Å². The van der Waals surface area contributed by atoms with Gasteiger partial charge in [0.2, 0.25) is 5.82 Å². The number of hydrogen-bond donors (Lipinski definition) is 2. The minimum Gasteiger partial charge on any atom is -0.397 e. The number of rotatable bonds is 2. The van der Waals surface area contributed by atoms with Crippen molar-refractivity contribution in [2.24, 2.45) is 0 Å². The Balaban J connectivity index is 2.03. The molecule has 0 aliphatic carbocycles. The van der Waals surface area contributed by atoms with Crippen molar-refractivity contribution in [3.05, 3.63) is 29.8 Å². The number of thiophene rings is 1. The summed E-state index contributed by atoms with van der Waals surface area (Å²) in [6.45, 7) is 0. The van der Waals surface area contributed by atoms with Crippen LogP contribution in [0.3, 0.4) is 0 Å². The largest absolute Gasteiger partial charge is 0.397 e. The maximum Gasteiger partial charge on any atom is 0.270 e. The maximum atomic E-state index is 5.78. The highest BCUT2D eigenvalue weighted by Gasteiger charge is 2.14. The molecule has 0 saturated heterocycles. The number of nitrogens with zero attached hydrogens (tertiary/aromatic N) is 2. The molecule has 0 spiro atoms. The molecule has 3 N–H and O–H groups in total. The van der Waals surface area contributed by atoms with Crippen molar-refractivity contribution < 1.29 is 4.52 Å². The second-order valence-corrected chi connectivity index (χ2v) is 4.13. The van der Waals surface area contributed by atoms with Crippen LogP contribution in [0, 0.1) is 0 Å². The van der Waals surface area contributed by atoms with Gasteiger partial charge in [-0.15, -0.1) is 11.3 Å². The van der Waals surface area contributed by atoms with Gasteiger partial charge in [0, 0.05) is 6.20 Å². The summed E-state index contributed by atoms with van der Waals surface area (Å²) in [6.07, 6.45) is 1.81. The SMILES string of the molecule is Nc1ccsc1-c1nc(-c2ccc[nH]2)no1. The number of anilines is 1. The standard InChI is InChI=1S/C10H8N4OS/c11-6-3-5-16-8(6)10-13-9(14-15-10)7-2-1-4-12-7/h1-5,12H,11H2. The molecule has 16 heavy (non-hydrogen) atoms. The molecule has 0 saturated carbocycles. The molecule has 0 aliphatic heterocycles. The van der Waals surface area contributed by atoms with E-state index in [0.29, 0.717) is 17.4 Å². The van der Waals surface area contributed by atoms with Crippen LogP contribution in [0.4, 0.5) is 5.69 Å². The number of hydrogen-bond acceptors (Lipinski definition) is 5. The molecule has 0 bridgehead atoms. The molecule has 0 aromatic carbocycles. The van der Waals surface area contributed by atoms with Crippen LogP contribution in [-0.4, -0.2) is 15.1 Å². The van der Waals surface area contributed by atoms with Crippen molar-refractivity contribution in [1.29, 1.82) is 0 Å². The number of nitrogens with one attached hydrogen (secondary N) is 1. The number of H-pyrrole nitrogens is 1. The third-order valence-corrected chi connectivity index (χ3v) is 3.07. The molecular formula is C10H8N4OS. The normalized spacial score (nSPS) is 10.8. The van der Waals surface area contributed by atoms with E-state index in [2.05, 4.69) is 15.1 Å². The smallest absolute Gasteiger partial charge is 0.270 e. The monoisotopic (exact) mass is 232 g/mol. The maximum absolute atomic E-state index is 5.78. The Labute approximate surface area is 94.9 Å². The van der Waals surface area contributed by atoms with Crippen molar-refractivity contribution in [1.82, 2.24) is 15.1 Å². The van der Waals surface area contributed by atoms with E-state index in [1.54, 1.807) is 0 Å². The lowest BCUT2D eigenvalue weighted by Gasteiger charge is -1.89. The lowest BCUT2D eigenvalue weighted by molar-refractivity contribution is 0.433. The fourth-order valence-electron chi connectivity index (χ4n) is 1.39. The van der Waals surface area contributed by atoms with Gasteiger partial charge in [0.15, 0.2) is 0 Å². The zero-order chi connectivity index (χ0) is 11.0. The zero-order valence-electron chi connectivity index (χ0n) is 8.18. The van der Waals surface area contributed by atoms with Gasteiger partial charge in [-0.2, -0.15) is 4.98 Å². The first-order chi connectivity index (χ1) is 7.84. The first-order valence-corrected chi connectivity index (χ1v) is 5.53. The second-order valence-electron chi connectivity index (χ2n) is 3.21. The molecule has 0 aliphatic rings. The average Bonchev–Trinajstić information content (AvgIpc) is 2.96. The summed E-state index contributed by atoms with van der Waals surface area (Å²) in [4.78, 5) is 8.10. The highest BCUT2D eigenvalue weighted by molar-refractivity contribution is 7.14. The predicted molar refractivity (Wildman–Crippen MR) is 61.8 cm³/mol. The highest BCUT2D eigenvalue weighted by Crippen LogP contribution is 2.31. The van der Waals surface area contributed by atoms with Crippen LogP contribution < -0.4 is 5.73 Å². The van der Waals surface area contributed by atoms with Crippen LogP contribution in [0.25, 0.3) is 22.3 Å². The lowest BCUT2D eigenvalue weighted by atomic mass is 10.4. The van der Waals surface area contributed by atoms with Crippen LogP contribution in [0.15, 0.2) is 34.3 Å². The molecule has 0 atom stereocenters. The Bertz CT molecular complexity index is 596. The first kappa shape index (κ1) is 9.17. The van der Waals surface area contributed by atoms with E-state index in [1.165, 1.54) is 11.3 Å². The van der Waals surface area contributed by atoms with Gasteiger partial charge in [0.25, 0.3) is 5.89 Å². The molecule has 3 aromatic heterocycles. The van der Waals surface area contributed by atoms with Gasteiger partial charge < -0.3 is 15.2 Å². The summed E-state index contributed by atoms with van der Waals surface area (Å²) in [6, 6.07) is 5.58. The van der Waals surface area contributed by atoms with E-state index in [4.69, 9.17) is 10.3 Å². The zero-order valence-corrected chi connectivity index (χ0v) is 8.99. The topological polar surface area (TPSA) is 80.7 Å². The average molecular weight is 232 g/mol. The minimum absolute atomic E-state index is 0.456. The molecule has 0 fully saturated rings. The van der Waals surface area contributed by atoms with E-state index in [0.717, 1.165) is 10.6 Å².